The van der Waals surface area contributed by atoms with Crippen LogP contribution in [-0.2, 0) is 6.61 Å². The molecule has 1 atom stereocenters. The fourth-order valence-corrected chi connectivity index (χ4v) is 1.26. The van der Waals surface area contributed by atoms with Gasteiger partial charge in [0, 0.05) is 18.2 Å². The molecule has 64 valence electrons. The third kappa shape index (κ3) is 1.29. The van der Waals surface area contributed by atoms with Crippen molar-refractivity contribution < 1.29 is 10.2 Å². The van der Waals surface area contributed by atoms with Crippen molar-refractivity contribution in [3.63, 3.8) is 0 Å². The highest BCUT2D eigenvalue weighted by atomic mass is 16.3. The Morgan fingerprint density at radius 2 is 2.25 bits per heavy atom. The Morgan fingerprint density at radius 1 is 1.50 bits per heavy atom. The molecule has 2 rings (SSSR count). The summed E-state index contributed by atoms with van der Waals surface area (Å²) in [5.41, 5.74) is 1.73. The zero-order valence-electron chi connectivity index (χ0n) is 6.62. The highest BCUT2D eigenvalue weighted by Gasteiger charge is 2.25. The lowest BCUT2D eigenvalue weighted by molar-refractivity contribution is 0.281. The lowest BCUT2D eigenvalue weighted by Gasteiger charge is -2.03. The predicted molar refractivity (Wildman–Crippen MR) is 44.8 cm³/mol. The van der Waals surface area contributed by atoms with E-state index < -0.39 is 0 Å². The first-order valence-corrected chi connectivity index (χ1v) is 3.97. The number of rotatable bonds is 2. The summed E-state index contributed by atoms with van der Waals surface area (Å²) >= 11 is 0. The maximum absolute atomic E-state index is 9.42. The molecular weight excluding hydrogens is 154 g/mol. The summed E-state index contributed by atoms with van der Waals surface area (Å²) in [5, 5.41) is 21.4. The van der Waals surface area contributed by atoms with Crippen molar-refractivity contribution >= 4 is 0 Å². The Hall–Kier alpha value is -1.06. The van der Waals surface area contributed by atoms with E-state index in [2.05, 4.69) is 5.32 Å². The van der Waals surface area contributed by atoms with Crippen LogP contribution < -0.4 is 5.32 Å². The van der Waals surface area contributed by atoms with Gasteiger partial charge in [-0.25, -0.2) is 0 Å². The number of hydrogen-bond donors (Lipinski definition) is 3. The van der Waals surface area contributed by atoms with Gasteiger partial charge in [-0.1, -0.05) is 6.07 Å². The van der Waals surface area contributed by atoms with Gasteiger partial charge in [0.15, 0.2) is 0 Å². The largest absolute Gasteiger partial charge is 0.508 e. The molecule has 3 N–H and O–H groups in total. The summed E-state index contributed by atoms with van der Waals surface area (Å²) < 4.78 is 0. The fraction of sp³-hybridized carbons (Fsp3) is 0.333. The summed E-state index contributed by atoms with van der Waals surface area (Å²) in [7, 11) is 0. The molecule has 3 nitrogen and oxygen atoms in total. The van der Waals surface area contributed by atoms with Gasteiger partial charge < -0.3 is 15.5 Å². The van der Waals surface area contributed by atoms with Crippen molar-refractivity contribution in [1.82, 2.24) is 5.32 Å². The molecular formula is C9H11NO2. The van der Waals surface area contributed by atoms with Gasteiger partial charge in [0.2, 0.25) is 0 Å². The first-order valence-electron chi connectivity index (χ1n) is 3.97. The number of hydrogen-bond acceptors (Lipinski definition) is 3. The first kappa shape index (κ1) is 7.58. The van der Waals surface area contributed by atoms with Crippen LogP contribution in [0.25, 0.3) is 0 Å². The summed E-state index contributed by atoms with van der Waals surface area (Å²) in [6, 6.07) is 5.47. The fourth-order valence-electron chi connectivity index (χ4n) is 1.26. The highest BCUT2D eigenvalue weighted by Crippen LogP contribution is 2.30. The molecule has 1 aromatic rings. The molecule has 1 fully saturated rings. The Balaban J connectivity index is 2.36. The Morgan fingerprint density at radius 3 is 2.83 bits per heavy atom. The van der Waals surface area contributed by atoms with Crippen molar-refractivity contribution in [2.75, 3.05) is 6.54 Å². The van der Waals surface area contributed by atoms with E-state index in [0.717, 1.165) is 17.7 Å². The number of phenolic OH excluding ortho intramolecular Hbond substituents is 1. The lowest BCUT2D eigenvalue weighted by atomic mass is 10.1. The molecule has 0 radical (unpaired) electrons. The van der Waals surface area contributed by atoms with Gasteiger partial charge in [-0.2, -0.15) is 0 Å². The van der Waals surface area contributed by atoms with Crippen molar-refractivity contribution in [3.8, 4) is 5.75 Å². The van der Waals surface area contributed by atoms with E-state index in [-0.39, 0.29) is 12.6 Å². The normalized spacial score (nSPS) is 20.9. The minimum absolute atomic E-state index is 0.0278. The lowest BCUT2D eigenvalue weighted by Crippen LogP contribution is -1.89. The minimum atomic E-state index is 0.0278. The molecule has 1 aliphatic heterocycles. The number of phenols is 1. The van der Waals surface area contributed by atoms with Crippen LogP contribution in [0.1, 0.15) is 17.2 Å². The molecule has 0 bridgehead atoms. The standard InChI is InChI=1S/C9H11NO2/c11-5-6-1-2-9(12)7(3-6)8-4-10-8/h1-3,8,10-12H,4-5H2/t8-/m1/s1. The SMILES string of the molecule is OCc1ccc(O)c([C@H]2CN2)c1. The first-order chi connectivity index (χ1) is 5.81. The maximum Gasteiger partial charge on any atom is 0.120 e. The van der Waals surface area contributed by atoms with Crippen molar-refractivity contribution in [1.29, 1.82) is 0 Å². The Labute approximate surface area is 70.7 Å². The molecule has 1 aromatic carbocycles. The summed E-state index contributed by atoms with van der Waals surface area (Å²) in [4.78, 5) is 0. The zero-order valence-corrected chi connectivity index (χ0v) is 6.62. The average molecular weight is 165 g/mol. The van der Waals surface area contributed by atoms with Gasteiger partial charge in [-0.3, -0.25) is 0 Å². The summed E-state index contributed by atoms with van der Waals surface area (Å²) in [5.74, 6) is 0.308. The number of aliphatic hydroxyl groups is 1. The van der Waals surface area contributed by atoms with E-state index in [0.29, 0.717) is 5.75 Å². The van der Waals surface area contributed by atoms with Crippen LogP contribution in [0, 0.1) is 0 Å². The topological polar surface area (TPSA) is 62.4 Å². The molecule has 3 heteroatoms. The predicted octanol–water partition coefficient (Wildman–Crippen LogP) is 0.529. The van der Waals surface area contributed by atoms with E-state index >= 15 is 0 Å². The second-order valence-electron chi connectivity index (χ2n) is 3.01. The third-order valence-electron chi connectivity index (χ3n) is 2.06. The van der Waals surface area contributed by atoms with Crippen LogP contribution in [0.3, 0.4) is 0 Å². The van der Waals surface area contributed by atoms with Crippen LogP contribution in [0.15, 0.2) is 18.2 Å². The van der Waals surface area contributed by atoms with Crippen LogP contribution in [0.5, 0.6) is 5.75 Å². The molecule has 1 heterocycles. The van der Waals surface area contributed by atoms with Crippen molar-refractivity contribution in [2.45, 2.75) is 12.6 Å². The zero-order chi connectivity index (χ0) is 8.55. The van der Waals surface area contributed by atoms with E-state index in [9.17, 15) is 5.11 Å². The van der Waals surface area contributed by atoms with Crippen LogP contribution in [-0.4, -0.2) is 16.8 Å². The van der Waals surface area contributed by atoms with Gasteiger partial charge in [0.25, 0.3) is 0 Å². The monoisotopic (exact) mass is 165 g/mol. The van der Waals surface area contributed by atoms with Gasteiger partial charge in [0.05, 0.1) is 6.61 Å². The van der Waals surface area contributed by atoms with E-state index in [4.69, 9.17) is 5.11 Å². The summed E-state index contributed by atoms with van der Waals surface area (Å²) in [6.45, 7) is 0.947. The van der Waals surface area contributed by atoms with E-state index in [1.807, 2.05) is 6.07 Å². The highest BCUT2D eigenvalue weighted by molar-refractivity contribution is 5.40. The van der Waals surface area contributed by atoms with Crippen LogP contribution in [0.4, 0.5) is 0 Å². The van der Waals surface area contributed by atoms with Gasteiger partial charge in [0.1, 0.15) is 5.75 Å². The van der Waals surface area contributed by atoms with E-state index in [1.165, 1.54) is 0 Å². The molecule has 0 saturated carbocycles. The van der Waals surface area contributed by atoms with Crippen LogP contribution >= 0.6 is 0 Å². The van der Waals surface area contributed by atoms with Crippen molar-refractivity contribution in [3.05, 3.63) is 29.3 Å². The maximum atomic E-state index is 9.42. The molecule has 0 unspecified atom stereocenters. The minimum Gasteiger partial charge on any atom is -0.508 e. The van der Waals surface area contributed by atoms with Gasteiger partial charge in [-0.15, -0.1) is 0 Å². The Bertz CT molecular complexity index is 295. The molecule has 0 aliphatic carbocycles. The number of nitrogens with one attached hydrogen (secondary N) is 1. The van der Waals surface area contributed by atoms with Gasteiger partial charge in [-0.05, 0) is 17.7 Å². The summed E-state index contributed by atoms with van der Waals surface area (Å²) in [6.07, 6.45) is 0. The average Bonchev–Trinajstić information content (AvgIpc) is 2.88. The third-order valence-corrected chi connectivity index (χ3v) is 2.06. The molecule has 1 aliphatic rings. The van der Waals surface area contributed by atoms with Crippen LogP contribution in [0.2, 0.25) is 0 Å². The smallest absolute Gasteiger partial charge is 0.120 e. The van der Waals surface area contributed by atoms with Crippen molar-refractivity contribution in [2.24, 2.45) is 0 Å². The number of aromatic hydroxyl groups is 1. The Kier molecular flexibility index (Phi) is 1.75. The van der Waals surface area contributed by atoms with E-state index in [1.54, 1.807) is 12.1 Å². The molecule has 0 aromatic heterocycles. The molecule has 1 saturated heterocycles. The second kappa shape index (κ2) is 2.77. The van der Waals surface area contributed by atoms with Gasteiger partial charge >= 0.3 is 0 Å². The second-order valence-corrected chi connectivity index (χ2v) is 3.01. The quantitative estimate of drug-likeness (QED) is 0.560. The molecule has 12 heavy (non-hydrogen) atoms. The molecule has 0 spiro atoms. The molecule has 0 amide bonds. The number of aliphatic hydroxyl groups excluding tert-OH is 1. The number of benzene rings is 1.